The van der Waals surface area contributed by atoms with E-state index in [1.807, 2.05) is 37.3 Å². The summed E-state index contributed by atoms with van der Waals surface area (Å²) in [5, 5.41) is 1.89. The summed E-state index contributed by atoms with van der Waals surface area (Å²) in [6.07, 6.45) is 6.79. The molecule has 0 unspecified atom stereocenters. The lowest BCUT2D eigenvalue weighted by Crippen LogP contribution is -2.03. The third-order valence-electron chi connectivity index (χ3n) is 3.07. The predicted octanol–water partition coefficient (Wildman–Crippen LogP) is 3.17. The van der Waals surface area contributed by atoms with Crippen LogP contribution >= 0.6 is 0 Å². The molecule has 92 valence electrons. The van der Waals surface area contributed by atoms with Crippen LogP contribution < -0.4 is 0 Å². The van der Waals surface area contributed by atoms with Gasteiger partial charge in [0.05, 0.1) is 0 Å². The summed E-state index contributed by atoms with van der Waals surface area (Å²) < 4.78 is 0. The topological polar surface area (TPSA) is 42.9 Å². The van der Waals surface area contributed by atoms with Crippen LogP contribution in [0.3, 0.4) is 0 Å². The highest BCUT2D eigenvalue weighted by Gasteiger charge is 2.12. The summed E-state index contributed by atoms with van der Waals surface area (Å²) >= 11 is 0. The van der Waals surface area contributed by atoms with Crippen molar-refractivity contribution in [2.45, 2.75) is 6.92 Å². The summed E-state index contributed by atoms with van der Waals surface area (Å²) in [4.78, 5) is 20.7. The first kappa shape index (κ1) is 11.5. The number of fused-ring (bicyclic) bond motifs is 1. The first-order valence-corrected chi connectivity index (χ1v) is 6.05. The van der Waals surface area contributed by atoms with E-state index in [1.165, 1.54) is 0 Å². The molecule has 0 amide bonds. The minimum Gasteiger partial charge on any atom is -0.289 e. The van der Waals surface area contributed by atoms with Crippen LogP contribution in [-0.2, 0) is 0 Å². The Morgan fingerprint density at radius 3 is 2.79 bits per heavy atom. The van der Waals surface area contributed by atoms with Gasteiger partial charge in [0.1, 0.15) is 0 Å². The van der Waals surface area contributed by atoms with Gasteiger partial charge < -0.3 is 0 Å². The second kappa shape index (κ2) is 4.61. The smallest absolute Gasteiger partial charge is 0.195 e. The molecule has 0 aliphatic carbocycles. The van der Waals surface area contributed by atoms with E-state index in [9.17, 15) is 4.79 Å². The van der Waals surface area contributed by atoms with Crippen molar-refractivity contribution < 1.29 is 4.79 Å². The van der Waals surface area contributed by atoms with Crippen LogP contribution in [-0.4, -0.2) is 15.8 Å². The zero-order chi connectivity index (χ0) is 13.2. The van der Waals surface area contributed by atoms with E-state index in [-0.39, 0.29) is 5.78 Å². The van der Waals surface area contributed by atoms with Crippen LogP contribution in [0.15, 0.2) is 55.1 Å². The van der Waals surface area contributed by atoms with Crippen molar-refractivity contribution in [3.63, 3.8) is 0 Å². The fourth-order valence-electron chi connectivity index (χ4n) is 2.15. The molecule has 0 bridgehead atoms. The van der Waals surface area contributed by atoms with E-state index in [4.69, 9.17) is 0 Å². The second-order valence-corrected chi connectivity index (χ2v) is 4.48. The van der Waals surface area contributed by atoms with Gasteiger partial charge in [-0.3, -0.25) is 14.8 Å². The zero-order valence-electron chi connectivity index (χ0n) is 10.5. The monoisotopic (exact) mass is 248 g/mol. The zero-order valence-corrected chi connectivity index (χ0v) is 10.5. The highest BCUT2D eigenvalue weighted by atomic mass is 16.1. The number of aromatic nitrogens is 2. The number of ketones is 1. The Morgan fingerprint density at radius 2 is 1.95 bits per heavy atom. The van der Waals surface area contributed by atoms with Crippen molar-refractivity contribution >= 4 is 16.6 Å². The molecule has 3 aromatic rings. The summed E-state index contributed by atoms with van der Waals surface area (Å²) in [6, 6.07) is 9.45. The molecular weight excluding hydrogens is 236 g/mol. The van der Waals surface area contributed by atoms with Crippen LogP contribution in [0.2, 0.25) is 0 Å². The fourth-order valence-corrected chi connectivity index (χ4v) is 2.15. The largest absolute Gasteiger partial charge is 0.289 e. The molecule has 0 saturated heterocycles. The predicted molar refractivity (Wildman–Crippen MR) is 74.1 cm³/mol. The quantitative estimate of drug-likeness (QED) is 0.654. The van der Waals surface area contributed by atoms with E-state index < -0.39 is 0 Å². The molecule has 3 heteroatoms. The molecule has 2 heterocycles. The maximum absolute atomic E-state index is 12.5. The average molecular weight is 248 g/mol. The minimum atomic E-state index is -0.0187. The molecule has 19 heavy (non-hydrogen) atoms. The summed E-state index contributed by atoms with van der Waals surface area (Å²) in [5.74, 6) is -0.0187. The molecule has 0 aliphatic heterocycles. The van der Waals surface area contributed by atoms with Gasteiger partial charge in [-0.05, 0) is 30.0 Å². The van der Waals surface area contributed by atoms with Gasteiger partial charge in [-0.25, -0.2) is 0 Å². The molecular formula is C16H12N2O. The van der Waals surface area contributed by atoms with Gasteiger partial charge in [-0.1, -0.05) is 18.2 Å². The number of benzene rings is 1. The third kappa shape index (κ3) is 2.10. The summed E-state index contributed by atoms with van der Waals surface area (Å²) in [7, 11) is 0. The molecule has 0 saturated carbocycles. The molecule has 0 spiro atoms. The van der Waals surface area contributed by atoms with Gasteiger partial charge in [0.15, 0.2) is 5.78 Å². The van der Waals surface area contributed by atoms with E-state index in [2.05, 4.69) is 9.97 Å². The lowest BCUT2D eigenvalue weighted by Gasteiger charge is -2.05. The maximum Gasteiger partial charge on any atom is 0.195 e. The Labute approximate surface area is 111 Å². The molecule has 3 nitrogen and oxygen atoms in total. The normalized spacial score (nSPS) is 10.6. The molecule has 0 atom stereocenters. The van der Waals surface area contributed by atoms with Crippen LogP contribution in [0.1, 0.15) is 21.5 Å². The van der Waals surface area contributed by atoms with Gasteiger partial charge in [0.2, 0.25) is 0 Å². The van der Waals surface area contributed by atoms with Crippen molar-refractivity contribution in [2.75, 3.05) is 0 Å². The van der Waals surface area contributed by atoms with Crippen LogP contribution in [0, 0.1) is 6.92 Å². The number of carbonyl (C=O) groups excluding carboxylic acids is 1. The molecule has 2 aromatic heterocycles. The highest BCUT2D eigenvalue weighted by molar-refractivity contribution is 6.16. The van der Waals surface area contributed by atoms with Gasteiger partial charge in [0, 0.05) is 41.3 Å². The SMILES string of the molecule is Cc1cncc(C(=O)c2cccc3ccncc23)c1. The van der Waals surface area contributed by atoms with Crippen LogP contribution in [0.5, 0.6) is 0 Å². The standard InChI is InChI=1S/C16H12N2O/c1-11-7-13(9-18-8-11)16(19)14-4-2-3-12-5-6-17-10-15(12)14/h2-10H,1H3. The van der Waals surface area contributed by atoms with E-state index in [0.29, 0.717) is 11.1 Å². The Bertz CT molecular complexity index is 760. The lowest BCUT2D eigenvalue weighted by molar-refractivity contribution is 0.104. The molecule has 0 radical (unpaired) electrons. The molecule has 3 rings (SSSR count). The Balaban J connectivity index is 2.17. The Morgan fingerprint density at radius 1 is 1.05 bits per heavy atom. The van der Waals surface area contributed by atoms with Gasteiger partial charge >= 0.3 is 0 Å². The van der Waals surface area contributed by atoms with Gasteiger partial charge in [0.25, 0.3) is 0 Å². The number of hydrogen-bond donors (Lipinski definition) is 0. The number of nitrogens with zero attached hydrogens (tertiary/aromatic N) is 2. The minimum absolute atomic E-state index is 0.0187. The van der Waals surface area contributed by atoms with Crippen LogP contribution in [0.4, 0.5) is 0 Å². The number of rotatable bonds is 2. The van der Waals surface area contributed by atoms with Crippen molar-refractivity contribution in [3.05, 3.63) is 71.8 Å². The van der Waals surface area contributed by atoms with Crippen molar-refractivity contribution in [1.29, 1.82) is 0 Å². The van der Waals surface area contributed by atoms with E-state index >= 15 is 0 Å². The lowest BCUT2D eigenvalue weighted by atomic mass is 9.99. The third-order valence-corrected chi connectivity index (χ3v) is 3.07. The van der Waals surface area contributed by atoms with Crippen molar-refractivity contribution in [2.24, 2.45) is 0 Å². The first-order valence-electron chi connectivity index (χ1n) is 6.05. The van der Waals surface area contributed by atoms with Gasteiger partial charge in [-0.2, -0.15) is 0 Å². The number of aryl methyl sites for hydroxylation is 1. The molecule has 0 aliphatic rings. The molecule has 1 aromatic carbocycles. The van der Waals surface area contributed by atoms with Crippen LogP contribution in [0.25, 0.3) is 10.8 Å². The van der Waals surface area contributed by atoms with E-state index in [0.717, 1.165) is 16.3 Å². The van der Waals surface area contributed by atoms with E-state index in [1.54, 1.807) is 24.8 Å². The molecule has 0 N–H and O–H groups in total. The summed E-state index contributed by atoms with van der Waals surface area (Å²) in [6.45, 7) is 1.93. The fraction of sp³-hybridized carbons (Fsp3) is 0.0625. The summed E-state index contributed by atoms with van der Waals surface area (Å²) in [5.41, 5.74) is 2.25. The number of carbonyl (C=O) groups is 1. The Hall–Kier alpha value is -2.55. The van der Waals surface area contributed by atoms with Crippen molar-refractivity contribution in [3.8, 4) is 0 Å². The average Bonchev–Trinajstić information content (AvgIpc) is 2.46. The van der Waals surface area contributed by atoms with Gasteiger partial charge in [-0.15, -0.1) is 0 Å². The Kier molecular flexibility index (Phi) is 2.80. The number of hydrogen-bond acceptors (Lipinski definition) is 3. The van der Waals surface area contributed by atoms with Crippen molar-refractivity contribution in [1.82, 2.24) is 9.97 Å². The maximum atomic E-state index is 12.5. The molecule has 0 fully saturated rings. The first-order chi connectivity index (χ1) is 9.25. The highest BCUT2D eigenvalue weighted by Crippen LogP contribution is 2.20. The number of pyridine rings is 2. The second-order valence-electron chi connectivity index (χ2n) is 4.48.